The van der Waals surface area contributed by atoms with Gasteiger partial charge in [0.1, 0.15) is 11.4 Å². The number of aliphatic hydroxyl groups is 1. The van der Waals surface area contributed by atoms with Crippen molar-refractivity contribution >= 4 is 22.6 Å². The highest BCUT2D eigenvalue weighted by Gasteiger charge is 2.23. The number of carbonyl (C=O) groups is 1. The van der Waals surface area contributed by atoms with Crippen LogP contribution in [-0.4, -0.2) is 29.0 Å². The first-order valence-corrected chi connectivity index (χ1v) is 9.18. The molecule has 0 spiro atoms. The van der Waals surface area contributed by atoms with E-state index in [0.29, 0.717) is 11.4 Å². The second-order valence-corrected chi connectivity index (χ2v) is 7.87. The number of anilines is 1. The highest BCUT2D eigenvalue weighted by molar-refractivity contribution is 5.94. The van der Waals surface area contributed by atoms with Gasteiger partial charge in [0.25, 0.3) is 0 Å². The smallest absolute Gasteiger partial charge is 0.412 e. The molecule has 3 rings (SSSR count). The molecule has 1 amide bonds. The van der Waals surface area contributed by atoms with Gasteiger partial charge < -0.3 is 14.6 Å². The van der Waals surface area contributed by atoms with Gasteiger partial charge in [-0.25, -0.2) is 4.79 Å². The minimum Gasteiger partial charge on any atom is -0.488 e. The fraction of sp³-hybridized carbons (Fsp3) is 0.476. The zero-order valence-corrected chi connectivity index (χ0v) is 15.6. The minimum absolute atomic E-state index is 0.0405. The molecule has 1 aliphatic rings. The lowest BCUT2D eigenvalue weighted by molar-refractivity contribution is 0.0626. The van der Waals surface area contributed by atoms with Crippen molar-refractivity contribution in [3.8, 4) is 5.75 Å². The molecule has 0 bridgehead atoms. The summed E-state index contributed by atoms with van der Waals surface area (Å²) in [7, 11) is 0. The van der Waals surface area contributed by atoms with Crippen LogP contribution in [0.4, 0.5) is 10.5 Å². The van der Waals surface area contributed by atoms with Gasteiger partial charge in [-0.3, -0.25) is 5.32 Å². The summed E-state index contributed by atoms with van der Waals surface area (Å²) in [5.74, 6) is 0.635. The normalized spacial score (nSPS) is 20.6. The van der Waals surface area contributed by atoms with Crippen LogP contribution in [0.15, 0.2) is 36.4 Å². The Morgan fingerprint density at radius 1 is 1.08 bits per heavy atom. The fourth-order valence-electron chi connectivity index (χ4n) is 3.17. The number of hydrogen-bond donors (Lipinski definition) is 2. The Bertz CT molecular complexity index is 773. The standard InChI is InChI=1S/C21H27NO4/c1-21(2,3)26-20(24)22-18-12-14-6-4-5-7-15(14)13-19(18)25-17-10-8-16(23)9-11-17/h4-7,12-13,16-17,23H,8-11H2,1-3H3,(H,22,24). The molecule has 5 heteroatoms. The van der Waals surface area contributed by atoms with E-state index < -0.39 is 11.7 Å². The van der Waals surface area contributed by atoms with E-state index in [1.165, 1.54) is 0 Å². The lowest BCUT2D eigenvalue weighted by Crippen LogP contribution is -2.28. The number of ether oxygens (including phenoxy) is 2. The van der Waals surface area contributed by atoms with Crippen LogP contribution in [0.2, 0.25) is 0 Å². The summed E-state index contributed by atoms with van der Waals surface area (Å²) < 4.78 is 11.6. The average molecular weight is 357 g/mol. The lowest BCUT2D eigenvalue weighted by atomic mass is 9.95. The van der Waals surface area contributed by atoms with Gasteiger partial charge in [-0.1, -0.05) is 24.3 Å². The Morgan fingerprint density at radius 3 is 2.31 bits per heavy atom. The van der Waals surface area contributed by atoms with Crippen LogP contribution < -0.4 is 10.1 Å². The highest BCUT2D eigenvalue weighted by Crippen LogP contribution is 2.34. The van der Waals surface area contributed by atoms with Gasteiger partial charge in [-0.15, -0.1) is 0 Å². The molecule has 0 heterocycles. The van der Waals surface area contributed by atoms with E-state index in [1.807, 2.05) is 57.2 Å². The fourth-order valence-corrected chi connectivity index (χ4v) is 3.17. The molecule has 5 nitrogen and oxygen atoms in total. The number of aliphatic hydroxyl groups excluding tert-OH is 1. The molecule has 0 aliphatic heterocycles. The predicted octanol–water partition coefficient (Wildman–Crippen LogP) is 4.87. The topological polar surface area (TPSA) is 67.8 Å². The quantitative estimate of drug-likeness (QED) is 0.822. The Labute approximate surface area is 154 Å². The largest absolute Gasteiger partial charge is 0.488 e. The van der Waals surface area contributed by atoms with Crippen LogP contribution in [0.25, 0.3) is 10.8 Å². The minimum atomic E-state index is -0.568. The van der Waals surface area contributed by atoms with E-state index in [4.69, 9.17) is 9.47 Å². The van der Waals surface area contributed by atoms with Crippen molar-refractivity contribution in [1.82, 2.24) is 0 Å². The van der Waals surface area contributed by atoms with E-state index in [1.54, 1.807) is 0 Å². The maximum Gasteiger partial charge on any atom is 0.412 e. The number of benzene rings is 2. The SMILES string of the molecule is CC(C)(C)OC(=O)Nc1cc2ccccc2cc1OC1CCC(O)CC1. The van der Waals surface area contributed by atoms with Crippen molar-refractivity contribution < 1.29 is 19.4 Å². The molecule has 2 aromatic carbocycles. The molecular formula is C21H27NO4. The van der Waals surface area contributed by atoms with Crippen molar-refractivity contribution in [1.29, 1.82) is 0 Å². The summed E-state index contributed by atoms with van der Waals surface area (Å²) in [5, 5.41) is 14.6. The summed E-state index contributed by atoms with van der Waals surface area (Å²) in [6, 6.07) is 11.8. The van der Waals surface area contributed by atoms with Crippen LogP contribution in [0.5, 0.6) is 5.75 Å². The Hall–Kier alpha value is -2.27. The van der Waals surface area contributed by atoms with Crippen molar-refractivity contribution in [3.63, 3.8) is 0 Å². The summed E-state index contributed by atoms with van der Waals surface area (Å²) in [4.78, 5) is 12.2. The molecule has 0 aromatic heterocycles. The molecule has 26 heavy (non-hydrogen) atoms. The number of amides is 1. The lowest BCUT2D eigenvalue weighted by Gasteiger charge is -2.27. The second kappa shape index (κ2) is 7.54. The summed E-state index contributed by atoms with van der Waals surface area (Å²) in [6.07, 6.45) is 2.40. The van der Waals surface area contributed by atoms with E-state index in [0.717, 1.165) is 36.5 Å². The molecule has 2 N–H and O–H groups in total. The van der Waals surface area contributed by atoms with Crippen molar-refractivity contribution in [2.24, 2.45) is 0 Å². The van der Waals surface area contributed by atoms with Crippen LogP contribution in [-0.2, 0) is 4.74 Å². The summed E-state index contributed by atoms with van der Waals surface area (Å²) >= 11 is 0. The van der Waals surface area contributed by atoms with Crippen molar-refractivity contribution in [2.45, 2.75) is 64.3 Å². The second-order valence-electron chi connectivity index (χ2n) is 7.87. The molecule has 1 saturated carbocycles. The van der Waals surface area contributed by atoms with E-state index in [9.17, 15) is 9.90 Å². The van der Waals surface area contributed by atoms with E-state index >= 15 is 0 Å². The number of rotatable bonds is 3. The molecule has 2 aromatic rings. The molecule has 1 fully saturated rings. The van der Waals surface area contributed by atoms with Crippen LogP contribution in [0.1, 0.15) is 46.5 Å². The predicted molar refractivity (Wildman–Crippen MR) is 103 cm³/mol. The van der Waals surface area contributed by atoms with Crippen molar-refractivity contribution in [3.05, 3.63) is 36.4 Å². The maximum absolute atomic E-state index is 12.2. The zero-order chi connectivity index (χ0) is 18.7. The molecule has 140 valence electrons. The third kappa shape index (κ3) is 4.88. The molecule has 0 unspecified atom stereocenters. The van der Waals surface area contributed by atoms with Crippen molar-refractivity contribution in [2.75, 3.05) is 5.32 Å². The van der Waals surface area contributed by atoms with Gasteiger partial charge >= 0.3 is 6.09 Å². The first-order chi connectivity index (χ1) is 12.3. The monoisotopic (exact) mass is 357 g/mol. The summed E-state index contributed by atoms with van der Waals surface area (Å²) in [6.45, 7) is 5.49. The molecule has 0 radical (unpaired) electrons. The third-order valence-corrected chi connectivity index (χ3v) is 4.42. The molecule has 0 atom stereocenters. The summed E-state index contributed by atoms with van der Waals surface area (Å²) in [5.41, 5.74) is 0.0330. The average Bonchev–Trinajstić information content (AvgIpc) is 2.55. The van der Waals surface area contributed by atoms with E-state index in [-0.39, 0.29) is 12.2 Å². The van der Waals surface area contributed by atoms with Crippen LogP contribution >= 0.6 is 0 Å². The van der Waals surface area contributed by atoms with E-state index in [2.05, 4.69) is 5.32 Å². The van der Waals surface area contributed by atoms with Gasteiger partial charge in [0.15, 0.2) is 0 Å². The van der Waals surface area contributed by atoms with Gasteiger partial charge in [0, 0.05) is 0 Å². The third-order valence-electron chi connectivity index (χ3n) is 4.42. The van der Waals surface area contributed by atoms with Crippen LogP contribution in [0, 0.1) is 0 Å². The zero-order valence-electron chi connectivity index (χ0n) is 15.6. The van der Waals surface area contributed by atoms with Gasteiger partial charge in [-0.05, 0) is 69.4 Å². The maximum atomic E-state index is 12.2. The first-order valence-electron chi connectivity index (χ1n) is 9.18. The molecule has 1 aliphatic carbocycles. The van der Waals surface area contributed by atoms with Gasteiger partial charge in [0.05, 0.1) is 17.9 Å². The Morgan fingerprint density at radius 2 is 1.69 bits per heavy atom. The first kappa shape index (κ1) is 18.5. The number of fused-ring (bicyclic) bond motifs is 1. The number of carbonyl (C=O) groups excluding carboxylic acids is 1. The van der Waals surface area contributed by atoms with Crippen LogP contribution in [0.3, 0.4) is 0 Å². The molecular weight excluding hydrogens is 330 g/mol. The number of hydrogen-bond acceptors (Lipinski definition) is 4. The van der Waals surface area contributed by atoms with Gasteiger partial charge in [0.2, 0.25) is 0 Å². The molecule has 0 saturated heterocycles. The number of nitrogens with one attached hydrogen (secondary N) is 1. The Kier molecular flexibility index (Phi) is 5.37. The Balaban J connectivity index is 1.85. The highest BCUT2D eigenvalue weighted by atomic mass is 16.6. The van der Waals surface area contributed by atoms with Gasteiger partial charge in [-0.2, -0.15) is 0 Å².